The minimum absolute atomic E-state index is 0.276. The predicted octanol–water partition coefficient (Wildman–Crippen LogP) is 4.49. The third-order valence-corrected chi connectivity index (χ3v) is 3.69. The Morgan fingerprint density at radius 3 is 2.17 bits per heavy atom. The lowest BCUT2D eigenvalue weighted by Gasteiger charge is -2.18. The van der Waals surface area contributed by atoms with Gasteiger partial charge in [0.05, 0.1) is 6.10 Å². The smallest absolute Gasteiger partial charge is 0.132 e. The lowest BCUT2D eigenvalue weighted by molar-refractivity contribution is -0.119. The zero-order valence-corrected chi connectivity index (χ0v) is 12.6. The highest BCUT2D eigenvalue weighted by atomic mass is 16.3. The first-order valence-corrected chi connectivity index (χ1v) is 7.81. The summed E-state index contributed by atoms with van der Waals surface area (Å²) < 4.78 is 0. The van der Waals surface area contributed by atoms with Gasteiger partial charge >= 0.3 is 0 Å². The molecule has 0 heterocycles. The first-order chi connectivity index (χ1) is 8.61. The second kappa shape index (κ2) is 11.7. The molecule has 0 aliphatic heterocycles. The summed E-state index contributed by atoms with van der Waals surface area (Å²) in [7, 11) is 0. The van der Waals surface area contributed by atoms with E-state index < -0.39 is 0 Å². The average molecular weight is 256 g/mol. The van der Waals surface area contributed by atoms with Crippen LogP contribution in [0.15, 0.2) is 0 Å². The Kier molecular flexibility index (Phi) is 11.5. The van der Waals surface area contributed by atoms with E-state index in [9.17, 15) is 9.90 Å². The second-order valence-electron chi connectivity index (χ2n) is 5.53. The molecular formula is C16H32O2. The molecular weight excluding hydrogens is 224 g/mol. The van der Waals surface area contributed by atoms with Crippen LogP contribution in [0.3, 0.4) is 0 Å². The van der Waals surface area contributed by atoms with Crippen LogP contribution in [-0.4, -0.2) is 17.0 Å². The van der Waals surface area contributed by atoms with E-state index in [4.69, 9.17) is 0 Å². The predicted molar refractivity (Wildman–Crippen MR) is 77.7 cm³/mol. The Morgan fingerprint density at radius 1 is 0.944 bits per heavy atom. The van der Waals surface area contributed by atoms with E-state index in [1.807, 2.05) is 6.92 Å². The van der Waals surface area contributed by atoms with Crippen LogP contribution in [-0.2, 0) is 4.79 Å². The van der Waals surface area contributed by atoms with E-state index in [2.05, 4.69) is 13.8 Å². The fourth-order valence-electron chi connectivity index (χ4n) is 2.39. The monoisotopic (exact) mass is 256 g/mol. The number of hydrogen-bond acceptors (Lipinski definition) is 2. The summed E-state index contributed by atoms with van der Waals surface area (Å²) in [6.07, 6.45) is 10.1. The molecule has 2 unspecified atom stereocenters. The van der Waals surface area contributed by atoms with Gasteiger partial charge in [0.2, 0.25) is 0 Å². The van der Waals surface area contributed by atoms with Gasteiger partial charge in [-0.05, 0) is 32.1 Å². The molecule has 0 aromatic carbocycles. The molecule has 0 saturated carbocycles. The van der Waals surface area contributed by atoms with E-state index in [1.165, 1.54) is 25.7 Å². The second-order valence-corrected chi connectivity index (χ2v) is 5.53. The van der Waals surface area contributed by atoms with E-state index in [0.717, 1.165) is 32.1 Å². The van der Waals surface area contributed by atoms with Crippen molar-refractivity contribution >= 4 is 5.78 Å². The largest absolute Gasteiger partial charge is 0.393 e. The SMILES string of the molecule is CCCCCCCC(=O)CCC(CCC)C(C)O. The molecule has 0 aromatic rings. The normalized spacial score (nSPS) is 14.4. The number of hydrogen-bond donors (Lipinski definition) is 1. The number of unbranched alkanes of at least 4 members (excludes halogenated alkanes) is 4. The summed E-state index contributed by atoms with van der Waals surface area (Å²) in [6.45, 7) is 6.18. The molecule has 0 fully saturated rings. The van der Waals surface area contributed by atoms with Crippen LogP contribution in [0, 0.1) is 5.92 Å². The van der Waals surface area contributed by atoms with Gasteiger partial charge in [-0.25, -0.2) is 0 Å². The highest BCUT2D eigenvalue weighted by Crippen LogP contribution is 2.19. The summed E-state index contributed by atoms with van der Waals surface area (Å²) in [5.41, 5.74) is 0. The van der Waals surface area contributed by atoms with Gasteiger partial charge in [-0.15, -0.1) is 0 Å². The maximum Gasteiger partial charge on any atom is 0.132 e. The molecule has 0 amide bonds. The highest BCUT2D eigenvalue weighted by Gasteiger charge is 2.15. The van der Waals surface area contributed by atoms with Crippen LogP contribution in [0.1, 0.15) is 85.0 Å². The van der Waals surface area contributed by atoms with E-state index in [0.29, 0.717) is 18.1 Å². The Hall–Kier alpha value is -0.370. The first-order valence-electron chi connectivity index (χ1n) is 7.81. The van der Waals surface area contributed by atoms with Gasteiger partial charge in [-0.3, -0.25) is 4.79 Å². The van der Waals surface area contributed by atoms with E-state index >= 15 is 0 Å². The van der Waals surface area contributed by atoms with Crippen molar-refractivity contribution in [1.29, 1.82) is 0 Å². The van der Waals surface area contributed by atoms with Crippen LogP contribution in [0.5, 0.6) is 0 Å². The molecule has 18 heavy (non-hydrogen) atoms. The van der Waals surface area contributed by atoms with Gasteiger partial charge in [0, 0.05) is 12.8 Å². The number of carbonyl (C=O) groups excluding carboxylic acids is 1. The number of aliphatic hydroxyl groups is 1. The molecule has 2 nitrogen and oxygen atoms in total. The van der Waals surface area contributed by atoms with Crippen molar-refractivity contribution < 1.29 is 9.90 Å². The Labute approximate surface area is 113 Å². The molecule has 0 aliphatic rings. The van der Waals surface area contributed by atoms with Crippen LogP contribution in [0.4, 0.5) is 0 Å². The summed E-state index contributed by atoms with van der Waals surface area (Å²) in [6, 6.07) is 0. The minimum atomic E-state index is -0.276. The van der Waals surface area contributed by atoms with Crippen LogP contribution < -0.4 is 0 Å². The fraction of sp³-hybridized carbons (Fsp3) is 0.938. The van der Waals surface area contributed by atoms with Gasteiger partial charge in [-0.1, -0.05) is 46.0 Å². The van der Waals surface area contributed by atoms with E-state index in [-0.39, 0.29) is 6.10 Å². The quantitative estimate of drug-likeness (QED) is 0.522. The molecule has 0 aromatic heterocycles. The lowest BCUT2D eigenvalue weighted by Crippen LogP contribution is -2.17. The van der Waals surface area contributed by atoms with Crippen molar-refractivity contribution in [2.24, 2.45) is 5.92 Å². The number of ketones is 1. The molecule has 2 heteroatoms. The van der Waals surface area contributed by atoms with Gasteiger partial charge in [0.15, 0.2) is 0 Å². The summed E-state index contributed by atoms with van der Waals surface area (Å²) >= 11 is 0. The lowest BCUT2D eigenvalue weighted by atomic mass is 9.91. The van der Waals surface area contributed by atoms with Gasteiger partial charge < -0.3 is 5.11 Å². The van der Waals surface area contributed by atoms with Crippen molar-refractivity contribution in [2.75, 3.05) is 0 Å². The molecule has 108 valence electrons. The molecule has 0 radical (unpaired) electrons. The summed E-state index contributed by atoms with van der Waals surface area (Å²) in [4.78, 5) is 11.7. The number of carbonyl (C=O) groups is 1. The maximum absolute atomic E-state index is 11.7. The molecule has 0 saturated heterocycles. The summed E-state index contributed by atoms with van der Waals surface area (Å²) in [5, 5.41) is 9.62. The summed E-state index contributed by atoms with van der Waals surface area (Å²) in [5.74, 6) is 0.687. The average Bonchev–Trinajstić information content (AvgIpc) is 2.33. The van der Waals surface area contributed by atoms with Gasteiger partial charge in [0.1, 0.15) is 5.78 Å². The molecule has 2 atom stereocenters. The highest BCUT2D eigenvalue weighted by molar-refractivity contribution is 5.78. The van der Waals surface area contributed by atoms with Crippen LogP contribution >= 0.6 is 0 Å². The standard InChI is InChI=1S/C16H32O2/c1-4-6-7-8-9-11-16(18)13-12-15(10-5-2)14(3)17/h14-15,17H,4-13H2,1-3H3. The number of rotatable bonds is 12. The Bertz CT molecular complexity index is 199. The maximum atomic E-state index is 11.7. The fourth-order valence-corrected chi connectivity index (χ4v) is 2.39. The van der Waals surface area contributed by atoms with Gasteiger partial charge in [-0.2, -0.15) is 0 Å². The Morgan fingerprint density at radius 2 is 1.61 bits per heavy atom. The number of Topliss-reactive ketones (excluding diaryl/α,β-unsaturated/α-hetero) is 1. The molecule has 0 spiro atoms. The van der Waals surface area contributed by atoms with Crippen molar-refractivity contribution in [3.63, 3.8) is 0 Å². The zero-order chi connectivity index (χ0) is 13.8. The van der Waals surface area contributed by atoms with Crippen LogP contribution in [0.25, 0.3) is 0 Å². The number of aliphatic hydroxyl groups excluding tert-OH is 1. The molecule has 1 N–H and O–H groups in total. The van der Waals surface area contributed by atoms with Crippen molar-refractivity contribution in [2.45, 2.75) is 91.1 Å². The first kappa shape index (κ1) is 17.6. The minimum Gasteiger partial charge on any atom is -0.393 e. The van der Waals surface area contributed by atoms with Gasteiger partial charge in [0.25, 0.3) is 0 Å². The third kappa shape index (κ3) is 9.64. The zero-order valence-electron chi connectivity index (χ0n) is 12.6. The van der Waals surface area contributed by atoms with Crippen molar-refractivity contribution in [3.8, 4) is 0 Å². The van der Waals surface area contributed by atoms with Crippen LogP contribution in [0.2, 0.25) is 0 Å². The molecule has 0 bridgehead atoms. The van der Waals surface area contributed by atoms with Crippen molar-refractivity contribution in [1.82, 2.24) is 0 Å². The topological polar surface area (TPSA) is 37.3 Å². The van der Waals surface area contributed by atoms with Crippen molar-refractivity contribution in [3.05, 3.63) is 0 Å². The Balaban J connectivity index is 3.61. The van der Waals surface area contributed by atoms with E-state index in [1.54, 1.807) is 0 Å². The third-order valence-electron chi connectivity index (χ3n) is 3.69. The molecule has 0 rings (SSSR count). The molecule has 0 aliphatic carbocycles.